The van der Waals surface area contributed by atoms with Crippen LogP contribution in [0.2, 0.25) is 0 Å². The van der Waals surface area contributed by atoms with Crippen LogP contribution in [0.5, 0.6) is 0 Å². The third-order valence-corrected chi connectivity index (χ3v) is 4.18. The van der Waals surface area contributed by atoms with Gasteiger partial charge in [0.2, 0.25) is 5.91 Å². The predicted octanol–water partition coefficient (Wildman–Crippen LogP) is 1.12. The summed E-state index contributed by atoms with van der Waals surface area (Å²) in [6.45, 7) is 4.68. The fraction of sp³-hybridized carbons (Fsp3) is 0.600. The number of carbonyl (C=O) groups excluding carboxylic acids is 1. The lowest BCUT2D eigenvalue weighted by atomic mass is 10.0. The van der Waals surface area contributed by atoms with E-state index in [1.165, 1.54) is 0 Å². The summed E-state index contributed by atoms with van der Waals surface area (Å²) in [7, 11) is 0. The lowest BCUT2D eigenvalue weighted by Crippen LogP contribution is -2.59. The van der Waals surface area contributed by atoms with Gasteiger partial charge in [-0.15, -0.1) is 0 Å². The smallest absolute Gasteiger partial charge is 0.249 e. The van der Waals surface area contributed by atoms with Gasteiger partial charge in [-0.3, -0.25) is 9.78 Å². The summed E-state index contributed by atoms with van der Waals surface area (Å²) in [5.41, 5.74) is 0.953. The zero-order chi connectivity index (χ0) is 14.0. The minimum absolute atomic E-state index is 0.0875. The van der Waals surface area contributed by atoms with Crippen molar-refractivity contribution in [3.8, 4) is 0 Å². The van der Waals surface area contributed by atoms with Gasteiger partial charge in [-0.1, -0.05) is 6.07 Å². The van der Waals surface area contributed by atoms with Crippen molar-refractivity contribution in [2.75, 3.05) is 26.2 Å². The van der Waals surface area contributed by atoms with E-state index in [9.17, 15) is 4.79 Å². The van der Waals surface area contributed by atoms with Crippen molar-refractivity contribution in [1.29, 1.82) is 0 Å². The van der Waals surface area contributed by atoms with Crippen molar-refractivity contribution in [2.45, 2.75) is 31.4 Å². The van der Waals surface area contributed by atoms with Gasteiger partial charge in [0.1, 0.15) is 6.61 Å². The average Bonchev–Trinajstić information content (AvgIpc) is 2.93. The van der Waals surface area contributed by atoms with Crippen LogP contribution >= 0.6 is 0 Å². The predicted molar refractivity (Wildman–Crippen MR) is 75.2 cm³/mol. The minimum atomic E-state index is -0.167. The van der Waals surface area contributed by atoms with Crippen LogP contribution in [0.1, 0.15) is 31.4 Å². The molecule has 0 bridgehead atoms. The fourth-order valence-corrected chi connectivity index (χ4v) is 2.88. The Morgan fingerprint density at radius 2 is 2.45 bits per heavy atom. The van der Waals surface area contributed by atoms with E-state index in [2.05, 4.69) is 10.3 Å². The number of carbonyl (C=O) groups is 1. The molecule has 0 aliphatic carbocycles. The molecule has 0 aromatic carbocycles. The van der Waals surface area contributed by atoms with E-state index in [4.69, 9.17) is 4.74 Å². The second kappa shape index (κ2) is 5.50. The molecule has 0 saturated carbocycles. The lowest BCUT2D eigenvalue weighted by Gasteiger charge is -2.39. The van der Waals surface area contributed by atoms with Gasteiger partial charge < -0.3 is 15.0 Å². The number of hydrogen-bond acceptors (Lipinski definition) is 4. The van der Waals surface area contributed by atoms with E-state index in [-0.39, 0.29) is 24.2 Å². The maximum Gasteiger partial charge on any atom is 0.249 e. The Labute approximate surface area is 119 Å². The summed E-state index contributed by atoms with van der Waals surface area (Å²) in [5, 5.41) is 3.17. The Morgan fingerprint density at radius 1 is 1.60 bits per heavy atom. The van der Waals surface area contributed by atoms with Gasteiger partial charge in [-0.05, 0) is 31.4 Å². The van der Waals surface area contributed by atoms with E-state index in [1.54, 1.807) is 6.20 Å². The molecule has 2 aliphatic rings. The molecule has 20 heavy (non-hydrogen) atoms. The molecule has 1 aromatic heterocycles. The van der Waals surface area contributed by atoms with Gasteiger partial charge in [0.05, 0.1) is 11.6 Å². The molecule has 1 amide bonds. The van der Waals surface area contributed by atoms with Crippen molar-refractivity contribution in [3.05, 3.63) is 30.1 Å². The number of ether oxygens (including phenoxy) is 1. The third-order valence-electron chi connectivity index (χ3n) is 4.18. The van der Waals surface area contributed by atoms with Crippen molar-refractivity contribution in [1.82, 2.24) is 15.2 Å². The molecule has 3 rings (SSSR count). The molecule has 1 unspecified atom stereocenters. The van der Waals surface area contributed by atoms with Gasteiger partial charge in [0.15, 0.2) is 0 Å². The Bertz CT molecular complexity index is 473. The van der Waals surface area contributed by atoms with Crippen molar-refractivity contribution < 1.29 is 9.53 Å². The molecular formula is C15H21N3O2. The number of amides is 1. The van der Waals surface area contributed by atoms with Crippen LogP contribution in [-0.2, 0) is 9.53 Å². The fourth-order valence-electron chi connectivity index (χ4n) is 2.88. The highest BCUT2D eigenvalue weighted by molar-refractivity contribution is 5.78. The minimum Gasteiger partial charge on any atom is -0.363 e. The SMILES string of the molecule is CC1(OCC(=O)N2CCCC2c2cccnc2)CNC1. The van der Waals surface area contributed by atoms with Crippen LogP contribution in [0.4, 0.5) is 0 Å². The first-order valence-corrected chi connectivity index (χ1v) is 7.22. The summed E-state index contributed by atoms with van der Waals surface area (Å²) in [4.78, 5) is 18.5. The molecule has 1 aromatic rings. The zero-order valence-corrected chi connectivity index (χ0v) is 11.8. The summed E-state index contributed by atoms with van der Waals surface area (Å²) >= 11 is 0. The highest BCUT2D eigenvalue weighted by Gasteiger charge is 2.35. The molecule has 3 heterocycles. The number of hydrogen-bond donors (Lipinski definition) is 1. The maximum absolute atomic E-state index is 12.4. The zero-order valence-electron chi connectivity index (χ0n) is 11.8. The van der Waals surface area contributed by atoms with Gasteiger partial charge >= 0.3 is 0 Å². The highest BCUT2D eigenvalue weighted by Crippen LogP contribution is 2.31. The molecule has 5 nitrogen and oxygen atoms in total. The van der Waals surface area contributed by atoms with Crippen LogP contribution in [-0.4, -0.2) is 47.6 Å². The summed E-state index contributed by atoms with van der Waals surface area (Å²) in [5.74, 6) is 0.0875. The molecular weight excluding hydrogens is 254 g/mol. The molecule has 0 spiro atoms. The molecule has 2 fully saturated rings. The first kappa shape index (κ1) is 13.5. The number of likely N-dealkylation sites (tertiary alicyclic amines) is 1. The van der Waals surface area contributed by atoms with Gasteiger partial charge in [0.25, 0.3) is 0 Å². The number of pyridine rings is 1. The lowest BCUT2D eigenvalue weighted by molar-refractivity contribution is -0.146. The summed E-state index contributed by atoms with van der Waals surface area (Å²) in [6, 6.07) is 4.13. The largest absolute Gasteiger partial charge is 0.363 e. The Morgan fingerprint density at radius 3 is 3.10 bits per heavy atom. The van der Waals surface area contributed by atoms with E-state index >= 15 is 0 Å². The normalized spacial score (nSPS) is 24.4. The number of nitrogens with one attached hydrogen (secondary N) is 1. The summed E-state index contributed by atoms with van der Waals surface area (Å²) < 4.78 is 5.75. The Hall–Kier alpha value is -1.46. The molecule has 2 aliphatic heterocycles. The van der Waals surface area contributed by atoms with Gasteiger partial charge in [-0.2, -0.15) is 0 Å². The molecule has 1 N–H and O–H groups in total. The topological polar surface area (TPSA) is 54.5 Å². The maximum atomic E-state index is 12.4. The second-order valence-electron chi connectivity index (χ2n) is 5.87. The van der Waals surface area contributed by atoms with Crippen LogP contribution in [0, 0.1) is 0 Å². The van der Waals surface area contributed by atoms with E-state index < -0.39 is 0 Å². The van der Waals surface area contributed by atoms with Crippen LogP contribution in [0.25, 0.3) is 0 Å². The number of nitrogens with zero attached hydrogens (tertiary/aromatic N) is 2. The quantitative estimate of drug-likeness (QED) is 0.895. The van der Waals surface area contributed by atoms with Crippen molar-refractivity contribution in [3.63, 3.8) is 0 Å². The van der Waals surface area contributed by atoms with Crippen LogP contribution < -0.4 is 5.32 Å². The third kappa shape index (κ3) is 2.69. The molecule has 2 saturated heterocycles. The monoisotopic (exact) mass is 275 g/mol. The van der Waals surface area contributed by atoms with Crippen molar-refractivity contribution in [2.24, 2.45) is 0 Å². The van der Waals surface area contributed by atoms with Gasteiger partial charge in [0, 0.05) is 32.0 Å². The standard InChI is InChI=1S/C15H21N3O2/c1-15(10-17-11-15)20-9-14(19)18-7-3-5-13(18)12-4-2-6-16-8-12/h2,4,6,8,13,17H,3,5,7,9-11H2,1H3. The van der Waals surface area contributed by atoms with E-state index in [1.807, 2.05) is 30.2 Å². The number of rotatable bonds is 4. The number of aromatic nitrogens is 1. The average molecular weight is 275 g/mol. The summed E-state index contributed by atoms with van der Waals surface area (Å²) in [6.07, 6.45) is 5.67. The molecule has 0 radical (unpaired) electrons. The Balaban J connectivity index is 1.61. The van der Waals surface area contributed by atoms with Crippen molar-refractivity contribution >= 4 is 5.91 Å². The molecule has 1 atom stereocenters. The first-order chi connectivity index (χ1) is 9.68. The van der Waals surface area contributed by atoms with Crippen LogP contribution in [0.15, 0.2) is 24.5 Å². The van der Waals surface area contributed by atoms with Gasteiger partial charge in [-0.25, -0.2) is 0 Å². The molecule has 108 valence electrons. The second-order valence-corrected chi connectivity index (χ2v) is 5.87. The highest BCUT2D eigenvalue weighted by atomic mass is 16.5. The Kier molecular flexibility index (Phi) is 3.72. The first-order valence-electron chi connectivity index (χ1n) is 7.22. The molecule has 5 heteroatoms. The van der Waals surface area contributed by atoms with Crippen LogP contribution in [0.3, 0.4) is 0 Å². The van der Waals surface area contributed by atoms with E-state index in [0.717, 1.165) is 38.0 Å². The van der Waals surface area contributed by atoms with E-state index in [0.29, 0.717) is 0 Å².